The highest BCUT2D eigenvalue weighted by Gasteiger charge is 2.43. The number of amides is 4. The lowest BCUT2D eigenvalue weighted by molar-refractivity contribution is -0.176. The zero-order chi connectivity index (χ0) is 63.1. The Morgan fingerprint density at radius 3 is 1.12 bits per heavy atom. The molecule has 1 saturated heterocycles. The molecule has 1 aliphatic heterocycles. The van der Waals surface area contributed by atoms with Crippen molar-refractivity contribution in [2.45, 2.75) is 169 Å². The normalized spacial score (nSPS) is 22.4. The van der Waals surface area contributed by atoms with Gasteiger partial charge in [-0.3, -0.25) is 28.5 Å². The second-order valence-corrected chi connectivity index (χ2v) is 24.4. The highest BCUT2D eigenvalue weighted by atomic mass is 16.6. The predicted octanol–water partition coefficient (Wildman–Crippen LogP) is 7.82. The first-order valence-electron chi connectivity index (χ1n) is 29.8. The first-order chi connectivity index (χ1) is 40.7. The molecule has 2 aromatic heterocycles. The smallest absolute Gasteiger partial charge is 0.329 e. The van der Waals surface area contributed by atoms with E-state index in [9.17, 15) is 28.8 Å². The van der Waals surface area contributed by atoms with E-state index in [2.05, 4.69) is 10.2 Å². The van der Waals surface area contributed by atoms with Gasteiger partial charge in [-0.05, 0) is 97.1 Å². The first-order valence-corrected chi connectivity index (χ1v) is 29.8. The lowest BCUT2D eigenvalue weighted by Gasteiger charge is -2.35. The summed E-state index contributed by atoms with van der Waals surface area (Å²) in [6.07, 6.45) is 1.24. The molecule has 0 spiro atoms. The number of likely N-dealkylation sites (N-methyl/N-ethyl adjacent to an activating group) is 4. The van der Waals surface area contributed by atoms with E-state index in [1.165, 1.54) is 42.0 Å². The fourth-order valence-electron chi connectivity index (χ4n) is 10.5. The molecule has 0 radical (unpaired) electrons. The maximum absolute atomic E-state index is 15.1. The Balaban J connectivity index is 1.38. The summed E-state index contributed by atoms with van der Waals surface area (Å²) in [6.45, 7) is 18.5. The van der Waals surface area contributed by atoms with Crippen molar-refractivity contribution in [3.8, 4) is 11.1 Å². The van der Waals surface area contributed by atoms with Gasteiger partial charge >= 0.3 is 23.9 Å². The molecule has 0 bridgehead atoms. The van der Waals surface area contributed by atoms with Crippen LogP contribution in [0.4, 0.5) is 0 Å². The average Bonchev–Trinajstić information content (AvgIpc) is 2.14. The molecule has 464 valence electrons. The Labute approximate surface area is 506 Å². The van der Waals surface area contributed by atoms with Gasteiger partial charge in [0.2, 0.25) is 0 Å². The van der Waals surface area contributed by atoms with E-state index in [1.54, 1.807) is 29.2 Å². The molecule has 1 fully saturated rings. The van der Waals surface area contributed by atoms with Crippen molar-refractivity contribution < 1.29 is 57.3 Å². The van der Waals surface area contributed by atoms with Gasteiger partial charge in [-0.1, -0.05) is 134 Å². The van der Waals surface area contributed by atoms with Crippen molar-refractivity contribution in [1.29, 1.82) is 0 Å². The van der Waals surface area contributed by atoms with E-state index >= 15 is 9.59 Å². The van der Waals surface area contributed by atoms with Crippen LogP contribution in [-0.4, -0.2) is 163 Å². The van der Waals surface area contributed by atoms with Gasteiger partial charge in [0, 0.05) is 65.2 Å². The largest absolute Gasteiger partial charge is 0.451 e. The van der Waals surface area contributed by atoms with Gasteiger partial charge in [-0.2, -0.15) is 10.2 Å². The van der Waals surface area contributed by atoms with Crippen molar-refractivity contribution >= 4 is 47.5 Å². The number of carbonyl (C=O) groups excluding carboxylic acids is 8. The fraction of sp³-hybridized carbons (Fsp3) is 0.515. The van der Waals surface area contributed by atoms with Gasteiger partial charge in [0.05, 0.1) is 19.3 Å². The molecule has 0 unspecified atom stereocenters. The lowest BCUT2D eigenvalue weighted by atomic mass is 9.99. The van der Waals surface area contributed by atoms with Crippen LogP contribution in [0.15, 0.2) is 110 Å². The van der Waals surface area contributed by atoms with Crippen LogP contribution < -0.4 is 0 Å². The van der Waals surface area contributed by atoms with Crippen molar-refractivity contribution in [2.24, 2.45) is 23.7 Å². The summed E-state index contributed by atoms with van der Waals surface area (Å²) in [5.74, 6) is -7.46. The van der Waals surface area contributed by atoms with E-state index < -0.39 is 96.1 Å². The molecule has 8 atom stereocenters. The van der Waals surface area contributed by atoms with Gasteiger partial charge in [-0.25, -0.2) is 19.2 Å². The maximum Gasteiger partial charge on any atom is 0.329 e. The Morgan fingerprint density at radius 1 is 0.407 bits per heavy atom. The third kappa shape index (κ3) is 18.4. The standard InChI is InChI=1S/C66H88N8O12/c1-41(2)31-53-63(79)83-46(10)60(76)70(12)56(34-44(7)8)66(82)86-58(36-48-23-27-50(28-24-48)39-74-40-52(37-68-74)51-19-16-15-17-20-51)62(78)72(14)54(32-42(3)4)64(80)84-45(9)59(75)69(11)55(33-43(5)6)65(81)85-57(61(77)71(53)13)35-47-21-25-49(26-22-47)38-73-30-18-29-67-73/h15-30,37,40-46,53-58H,31-36,38-39H2,1-14H3/t45-,46-,53+,54+,55+,56+,57-,58-/m1/s1. The van der Waals surface area contributed by atoms with E-state index in [0.29, 0.717) is 24.2 Å². The van der Waals surface area contributed by atoms with Crippen LogP contribution in [0.3, 0.4) is 0 Å². The minimum atomic E-state index is -1.55. The Kier molecular flexibility index (Phi) is 24.0. The minimum absolute atomic E-state index is 0.0771. The molecule has 86 heavy (non-hydrogen) atoms. The molecule has 5 aromatic rings. The van der Waals surface area contributed by atoms with Crippen LogP contribution in [-0.2, 0) is 83.2 Å². The molecule has 1 aliphatic rings. The molecule has 0 aliphatic carbocycles. The number of benzene rings is 3. The Morgan fingerprint density at radius 2 is 0.756 bits per heavy atom. The Bertz CT molecular complexity index is 3050. The SMILES string of the molecule is CC(C)C[C@H]1C(=O)O[C@H](Cc2ccc(Cn3cc(-c4ccccc4)cn3)cc2)C(=O)N(C)[C@@H](CC(C)C)C(=O)O[C@H](C)C(=O)N(C)[C@@H](CC(C)C)C(=O)O[C@H](Cc2ccc(Cn3cccn3)cc2)C(=O)N(C)[C@@H](CC(C)C)C(=O)O[C@H](C)C(=O)N1C. The average molecular weight is 1190 g/mol. The van der Waals surface area contributed by atoms with Crippen LogP contribution in [0.25, 0.3) is 11.1 Å². The van der Waals surface area contributed by atoms with Crippen LogP contribution in [0.5, 0.6) is 0 Å². The van der Waals surface area contributed by atoms with Crippen LogP contribution in [0, 0.1) is 23.7 Å². The lowest BCUT2D eigenvalue weighted by Crippen LogP contribution is -2.55. The minimum Gasteiger partial charge on any atom is -0.451 e. The van der Waals surface area contributed by atoms with Gasteiger partial charge in [0.25, 0.3) is 23.6 Å². The van der Waals surface area contributed by atoms with Crippen molar-refractivity contribution in [3.63, 3.8) is 0 Å². The number of hydrogen-bond acceptors (Lipinski definition) is 14. The van der Waals surface area contributed by atoms with E-state index in [-0.39, 0.29) is 62.2 Å². The van der Waals surface area contributed by atoms with Crippen molar-refractivity contribution in [2.75, 3.05) is 28.2 Å². The first kappa shape index (κ1) is 67.0. The molecule has 0 saturated carbocycles. The van der Waals surface area contributed by atoms with Gasteiger partial charge in [-0.15, -0.1) is 0 Å². The molecule has 0 N–H and O–H groups in total. The molecule has 20 heteroatoms. The summed E-state index contributed by atoms with van der Waals surface area (Å²) in [5.41, 5.74) is 5.03. The third-order valence-corrected chi connectivity index (χ3v) is 15.4. The van der Waals surface area contributed by atoms with Crippen LogP contribution in [0.2, 0.25) is 0 Å². The van der Waals surface area contributed by atoms with E-state index in [4.69, 9.17) is 18.9 Å². The van der Waals surface area contributed by atoms with Gasteiger partial charge in [0.1, 0.15) is 24.2 Å². The second-order valence-electron chi connectivity index (χ2n) is 24.4. The number of cyclic esters (lactones) is 4. The van der Waals surface area contributed by atoms with E-state index in [1.807, 2.05) is 145 Å². The van der Waals surface area contributed by atoms with E-state index in [0.717, 1.165) is 41.9 Å². The number of esters is 4. The van der Waals surface area contributed by atoms with Crippen LogP contribution >= 0.6 is 0 Å². The third-order valence-electron chi connectivity index (χ3n) is 15.4. The number of carbonyl (C=O) groups is 8. The predicted molar refractivity (Wildman–Crippen MR) is 323 cm³/mol. The van der Waals surface area contributed by atoms with Crippen LogP contribution in [0.1, 0.15) is 117 Å². The Hall–Kier alpha value is -8.16. The van der Waals surface area contributed by atoms with Crippen molar-refractivity contribution in [1.82, 2.24) is 39.2 Å². The zero-order valence-corrected chi connectivity index (χ0v) is 52.5. The number of ether oxygens (including phenoxy) is 4. The molecular formula is C66H88N8O12. The molecule has 3 heterocycles. The summed E-state index contributed by atoms with van der Waals surface area (Å²) in [6, 6.07) is 21.3. The number of aromatic nitrogens is 4. The number of rotatable bonds is 17. The summed E-state index contributed by atoms with van der Waals surface area (Å²) in [5, 5.41) is 8.84. The zero-order valence-electron chi connectivity index (χ0n) is 52.5. The van der Waals surface area contributed by atoms with Gasteiger partial charge in [0.15, 0.2) is 24.4 Å². The summed E-state index contributed by atoms with van der Waals surface area (Å²) in [4.78, 5) is 122. The second kappa shape index (κ2) is 30.8. The molecule has 4 amide bonds. The summed E-state index contributed by atoms with van der Waals surface area (Å²) >= 11 is 0. The maximum atomic E-state index is 15.1. The molecule has 3 aromatic carbocycles. The number of hydrogen-bond donors (Lipinski definition) is 0. The summed E-state index contributed by atoms with van der Waals surface area (Å²) in [7, 11) is 5.58. The summed E-state index contributed by atoms with van der Waals surface area (Å²) < 4.78 is 27.9. The highest BCUT2D eigenvalue weighted by Crippen LogP contribution is 2.26. The van der Waals surface area contributed by atoms with Crippen molar-refractivity contribution in [3.05, 3.63) is 132 Å². The fourth-order valence-corrected chi connectivity index (χ4v) is 10.5. The monoisotopic (exact) mass is 1180 g/mol. The quantitative estimate of drug-likeness (QED) is 0.0640. The molecule has 6 rings (SSSR count). The highest BCUT2D eigenvalue weighted by molar-refractivity contribution is 5.94. The van der Waals surface area contributed by atoms with Gasteiger partial charge < -0.3 is 38.5 Å². The molecule has 20 nitrogen and oxygen atoms in total. The topological polar surface area (TPSA) is 222 Å². The number of nitrogens with zero attached hydrogens (tertiary/aromatic N) is 8. The molecular weight excluding hydrogens is 1100 g/mol.